The molecule has 2 amide bonds. The maximum absolute atomic E-state index is 12.7. The molecule has 0 bridgehead atoms. The Kier molecular flexibility index (Phi) is 7.55. The summed E-state index contributed by atoms with van der Waals surface area (Å²) >= 11 is 0. The van der Waals surface area contributed by atoms with Gasteiger partial charge >= 0.3 is 0 Å². The van der Waals surface area contributed by atoms with Gasteiger partial charge < -0.3 is 19.3 Å². The van der Waals surface area contributed by atoms with Gasteiger partial charge in [-0.3, -0.25) is 9.59 Å². The minimum atomic E-state index is -0.0558. The predicted molar refractivity (Wildman–Crippen MR) is 113 cm³/mol. The lowest BCUT2D eigenvalue weighted by atomic mass is 10.1. The van der Waals surface area contributed by atoms with Gasteiger partial charge in [-0.25, -0.2) is 0 Å². The molecular weight excluding hydrogens is 368 g/mol. The van der Waals surface area contributed by atoms with E-state index in [9.17, 15) is 9.59 Å². The first-order valence-corrected chi connectivity index (χ1v) is 10.6. The number of methoxy groups -OCH3 is 1. The van der Waals surface area contributed by atoms with Crippen molar-refractivity contribution in [3.8, 4) is 11.5 Å². The third-order valence-corrected chi connectivity index (χ3v) is 5.76. The van der Waals surface area contributed by atoms with Crippen LogP contribution in [0, 0.1) is 5.92 Å². The Hall–Kier alpha value is -2.50. The molecule has 1 heterocycles. The van der Waals surface area contributed by atoms with E-state index in [0.717, 1.165) is 44.2 Å². The van der Waals surface area contributed by atoms with Gasteiger partial charge in [-0.05, 0) is 43.9 Å². The van der Waals surface area contributed by atoms with Crippen molar-refractivity contribution in [2.75, 3.05) is 39.9 Å². The van der Waals surface area contributed by atoms with Crippen LogP contribution in [-0.2, 0) is 9.59 Å². The van der Waals surface area contributed by atoms with E-state index in [2.05, 4.69) is 0 Å². The highest BCUT2D eigenvalue weighted by Gasteiger charge is 2.29. The van der Waals surface area contributed by atoms with Crippen LogP contribution < -0.4 is 9.47 Å². The van der Waals surface area contributed by atoms with E-state index in [1.807, 2.05) is 47.1 Å². The molecule has 6 nitrogen and oxygen atoms in total. The fourth-order valence-electron chi connectivity index (χ4n) is 4.15. The van der Waals surface area contributed by atoms with Crippen LogP contribution in [0.25, 0.3) is 6.08 Å². The first kappa shape index (κ1) is 21.2. The van der Waals surface area contributed by atoms with Crippen LogP contribution in [-0.4, -0.2) is 61.5 Å². The van der Waals surface area contributed by atoms with Crippen molar-refractivity contribution >= 4 is 17.9 Å². The molecule has 0 aromatic heterocycles. The molecule has 0 N–H and O–H groups in total. The van der Waals surface area contributed by atoms with Gasteiger partial charge in [0.25, 0.3) is 5.91 Å². The van der Waals surface area contributed by atoms with E-state index in [4.69, 9.17) is 9.47 Å². The monoisotopic (exact) mass is 400 g/mol. The number of carbonyl (C=O) groups excluding carboxylic acids is 2. The first-order chi connectivity index (χ1) is 14.1. The van der Waals surface area contributed by atoms with E-state index in [1.54, 1.807) is 7.11 Å². The highest BCUT2D eigenvalue weighted by atomic mass is 16.5. The lowest BCUT2D eigenvalue weighted by Crippen LogP contribution is -2.40. The topological polar surface area (TPSA) is 59.1 Å². The van der Waals surface area contributed by atoms with Crippen LogP contribution in [0.1, 0.15) is 44.6 Å². The third kappa shape index (κ3) is 5.52. The normalized spacial score (nSPS) is 18.1. The SMILES string of the molecule is C/C=C/c1ccc(OCC(=O)N2CCCN(C(=O)C3CCCC3)CC2)c(OC)c1. The highest BCUT2D eigenvalue weighted by Crippen LogP contribution is 2.29. The van der Waals surface area contributed by atoms with Crippen LogP contribution in [0.15, 0.2) is 24.3 Å². The van der Waals surface area contributed by atoms with Crippen LogP contribution in [0.2, 0.25) is 0 Å². The van der Waals surface area contributed by atoms with Crippen LogP contribution >= 0.6 is 0 Å². The van der Waals surface area contributed by atoms with Gasteiger partial charge in [0.2, 0.25) is 5.91 Å². The largest absolute Gasteiger partial charge is 0.493 e. The summed E-state index contributed by atoms with van der Waals surface area (Å²) in [7, 11) is 1.59. The molecule has 2 aliphatic rings. The number of allylic oxidation sites excluding steroid dienone is 1. The van der Waals surface area contributed by atoms with Crippen LogP contribution in [0.5, 0.6) is 11.5 Å². The molecule has 1 saturated carbocycles. The molecule has 0 spiro atoms. The Morgan fingerprint density at radius 2 is 1.76 bits per heavy atom. The number of hydrogen-bond donors (Lipinski definition) is 0. The lowest BCUT2D eigenvalue weighted by Gasteiger charge is -2.24. The molecule has 1 aliphatic carbocycles. The molecule has 1 aliphatic heterocycles. The third-order valence-electron chi connectivity index (χ3n) is 5.76. The number of hydrogen-bond acceptors (Lipinski definition) is 4. The minimum absolute atomic E-state index is 0.0319. The Labute approximate surface area is 173 Å². The number of ether oxygens (including phenoxy) is 2. The fraction of sp³-hybridized carbons (Fsp3) is 0.565. The molecule has 1 aromatic rings. The second-order valence-electron chi connectivity index (χ2n) is 7.74. The van der Waals surface area contributed by atoms with Crippen molar-refractivity contribution in [3.63, 3.8) is 0 Å². The van der Waals surface area contributed by atoms with Crippen molar-refractivity contribution in [3.05, 3.63) is 29.8 Å². The van der Waals surface area contributed by atoms with E-state index < -0.39 is 0 Å². The smallest absolute Gasteiger partial charge is 0.260 e. The standard InChI is InChI=1S/C23H32N2O4/c1-3-7-18-10-11-20(21(16-18)28-2)29-17-22(26)24-12-6-13-25(15-14-24)23(27)19-8-4-5-9-19/h3,7,10-11,16,19H,4-6,8-9,12-15,17H2,1-2H3/b7-3+. The summed E-state index contributed by atoms with van der Waals surface area (Å²) in [5.41, 5.74) is 1.02. The fourth-order valence-corrected chi connectivity index (χ4v) is 4.15. The van der Waals surface area contributed by atoms with Gasteiger partial charge in [0.15, 0.2) is 18.1 Å². The number of rotatable bonds is 6. The predicted octanol–water partition coefficient (Wildman–Crippen LogP) is 3.36. The average molecular weight is 401 g/mol. The zero-order valence-electron chi connectivity index (χ0n) is 17.6. The van der Waals surface area contributed by atoms with Gasteiger partial charge in [-0.1, -0.05) is 31.1 Å². The maximum atomic E-state index is 12.7. The quantitative estimate of drug-likeness (QED) is 0.735. The summed E-state index contributed by atoms with van der Waals surface area (Å²) in [4.78, 5) is 29.1. The van der Waals surface area contributed by atoms with Crippen molar-refractivity contribution in [1.82, 2.24) is 9.80 Å². The van der Waals surface area contributed by atoms with E-state index in [-0.39, 0.29) is 24.3 Å². The Morgan fingerprint density at radius 1 is 1.03 bits per heavy atom. The molecule has 1 saturated heterocycles. The Balaban J connectivity index is 1.52. The van der Waals surface area contributed by atoms with E-state index in [0.29, 0.717) is 31.1 Å². The van der Waals surface area contributed by atoms with Gasteiger partial charge in [0.1, 0.15) is 0 Å². The molecule has 29 heavy (non-hydrogen) atoms. The number of carbonyl (C=O) groups is 2. The first-order valence-electron chi connectivity index (χ1n) is 10.6. The van der Waals surface area contributed by atoms with Crippen LogP contribution in [0.3, 0.4) is 0 Å². The van der Waals surface area contributed by atoms with E-state index >= 15 is 0 Å². The average Bonchev–Trinajstić information content (AvgIpc) is 3.16. The van der Waals surface area contributed by atoms with Crippen molar-refractivity contribution in [2.45, 2.75) is 39.0 Å². The number of nitrogens with zero attached hydrogens (tertiary/aromatic N) is 2. The highest BCUT2D eigenvalue weighted by molar-refractivity contribution is 5.80. The van der Waals surface area contributed by atoms with Crippen molar-refractivity contribution in [2.24, 2.45) is 5.92 Å². The molecule has 3 rings (SSSR count). The molecule has 6 heteroatoms. The van der Waals surface area contributed by atoms with Crippen molar-refractivity contribution in [1.29, 1.82) is 0 Å². The number of benzene rings is 1. The lowest BCUT2D eigenvalue weighted by molar-refractivity contribution is -0.136. The Morgan fingerprint density at radius 3 is 2.48 bits per heavy atom. The second-order valence-corrected chi connectivity index (χ2v) is 7.74. The molecule has 0 unspecified atom stereocenters. The van der Waals surface area contributed by atoms with Gasteiger partial charge in [0.05, 0.1) is 7.11 Å². The number of amides is 2. The summed E-state index contributed by atoms with van der Waals surface area (Å²) in [6.07, 6.45) is 9.09. The van der Waals surface area contributed by atoms with Gasteiger partial charge in [0, 0.05) is 32.1 Å². The molecular formula is C23H32N2O4. The zero-order chi connectivity index (χ0) is 20.6. The molecule has 1 aromatic carbocycles. The van der Waals surface area contributed by atoms with Crippen LogP contribution in [0.4, 0.5) is 0 Å². The summed E-state index contributed by atoms with van der Waals surface area (Å²) in [6.45, 7) is 4.50. The van der Waals surface area contributed by atoms with Gasteiger partial charge in [-0.2, -0.15) is 0 Å². The molecule has 2 fully saturated rings. The summed E-state index contributed by atoms with van der Waals surface area (Å²) in [5.74, 6) is 1.58. The Bertz CT molecular complexity index is 740. The molecule has 158 valence electrons. The van der Waals surface area contributed by atoms with E-state index in [1.165, 1.54) is 0 Å². The minimum Gasteiger partial charge on any atom is -0.493 e. The molecule has 0 atom stereocenters. The van der Waals surface area contributed by atoms with Crippen molar-refractivity contribution < 1.29 is 19.1 Å². The summed E-state index contributed by atoms with van der Waals surface area (Å²) in [5, 5.41) is 0. The second kappa shape index (κ2) is 10.3. The van der Waals surface area contributed by atoms with Gasteiger partial charge in [-0.15, -0.1) is 0 Å². The summed E-state index contributed by atoms with van der Waals surface area (Å²) in [6, 6.07) is 5.64. The maximum Gasteiger partial charge on any atom is 0.260 e. The summed E-state index contributed by atoms with van der Waals surface area (Å²) < 4.78 is 11.1. The molecule has 0 radical (unpaired) electrons. The zero-order valence-corrected chi connectivity index (χ0v) is 17.6.